The average Bonchev–Trinajstić information content (AvgIpc) is 3.11. The number of fused-ring (bicyclic) bond motifs is 1. The van der Waals surface area contributed by atoms with Gasteiger partial charge < -0.3 is 5.32 Å². The summed E-state index contributed by atoms with van der Waals surface area (Å²) in [7, 11) is 0. The monoisotopic (exact) mass is 360 g/mol. The van der Waals surface area contributed by atoms with Crippen molar-refractivity contribution < 1.29 is 0 Å². The zero-order valence-electron chi connectivity index (χ0n) is 16.4. The van der Waals surface area contributed by atoms with Crippen LogP contribution in [0.3, 0.4) is 0 Å². The van der Waals surface area contributed by atoms with Crippen LogP contribution >= 0.6 is 0 Å². The molecule has 0 saturated carbocycles. The summed E-state index contributed by atoms with van der Waals surface area (Å²) < 4.78 is 2.12. The van der Waals surface area contributed by atoms with Crippen molar-refractivity contribution in [1.82, 2.24) is 20.1 Å². The molecule has 4 rings (SSSR count). The van der Waals surface area contributed by atoms with E-state index in [1.54, 1.807) is 0 Å². The lowest BCUT2D eigenvalue weighted by Crippen LogP contribution is -2.25. The minimum Gasteiger partial charge on any atom is -0.306 e. The highest BCUT2D eigenvalue weighted by Gasteiger charge is 2.24. The van der Waals surface area contributed by atoms with E-state index < -0.39 is 0 Å². The summed E-state index contributed by atoms with van der Waals surface area (Å²) in [5.74, 6) is 0. The first-order chi connectivity index (χ1) is 13.0. The highest BCUT2D eigenvalue weighted by atomic mass is 15.3. The van der Waals surface area contributed by atoms with E-state index in [0.717, 1.165) is 25.1 Å². The van der Waals surface area contributed by atoms with Gasteiger partial charge in [-0.3, -0.25) is 4.98 Å². The molecule has 3 aromatic rings. The van der Waals surface area contributed by atoms with Gasteiger partial charge >= 0.3 is 0 Å². The van der Waals surface area contributed by atoms with E-state index in [2.05, 4.69) is 66.1 Å². The lowest BCUT2D eigenvalue weighted by molar-refractivity contribution is 0.454. The smallest absolute Gasteiger partial charge is 0.0649 e. The first-order valence-electron chi connectivity index (χ1n) is 9.82. The third-order valence-electron chi connectivity index (χ3n) is 5.44. The maximum atomic E-state index is 4.73. The van der Waals surface area contributed by atoms with Crippen LogP contribution in [0.2, 0.25) is 0 Å². The third kappa shape index (κ3) is 3.81. The van der Waals surface area contributed by atoms with Crippen molar-refractivity contribution in [2.45, 2.75) is 58.0 Å². The number of benzene rings is 1. The molecule has 1 aliphatic carbocycles. The quantitative estimate of drug-likeness (QED) is 0.731. The fourth-order valence-corrected chi connectivity index (χ4v) is 3.84. The summed E-state index contributed by atoms with van der Waals surface area (Å²) in [4.78, 5) is 4.20. The van der Waals surface area contributed by atoms with E-state index in [1.807, 2.05) is 24.7 Å². The molecule has 1 atom stereocenters. The van der Waals surface area contributed by atoms with Gasteiger partial charge in [-0.25, -0.2) is 4.68 Å². The molecule has 4 nitrogen and oxygen atoms in total. The van der Waals surface area contributed by atoms with Crippen LogP contribution in [0.15, 0.2) is 55.0 Å². The molecule has 0 radical (unpaired) electrons. The number of pyridine rings is 1. The molecule has 0 unspecified atom stereocenters. The standard InChI is InChI=1S/C23H28N4/c1-23(2,3)18-9-11-19(12-10-18)27-22-8-4-7-21(20(22)16-26-27)25-15-17-6-5-13-24-14-17/h5-6,9-14,16,21,25H,4,7-8,15H2,1-3H3/t21-/m1/s1. The van der Waals surface area contributed by atoms with Crippen LogP contribution in [0, 0.1) is 0 Å². The van der Waals surface area contributed by atoms with Crippen LogP contribution in [0.5, 0.6) is 0 Å². The molecule has 140 valence electrons. The van der Waals surface area contributed by atoms with Crippen molar-refractivity contribution in [1.29, 1.82) is 0 Å². The predicted molar refractivity (Wildman–Crippen MR) is 109 cm³/mol. The van der Waals surface area contributed by atoms with Crippen LogP contribution in [0.4, 0.5) is 0 Å². The van der Waals surface area contributed by atoms with E-state index in [0.29, 0.717) is 6.04 Å². The Labute approximate surface area is 161 Å². The van der Waals surface area contributed by atoms with Gasteiger partial charge in [0.15, 0.2) is 0 Å². The number of aromatic nitrogens is 3. The van der Waals surface area contributed by atoms with Gasteiger partial charge in [-0.05, 0) is 54.0 Å². The maximum absolute atomic E-state index is 4.73. The van der Waals surface area contributed by atoms with Crippen molar-refractivity contribution >= 4 is 0 Å². The predicted octanol–water partition coefficient (Wildman–Crippen LogP) is 4.73. The van der Waals surface area contributed by atoms with Crippen molar-refractivity contribution in [3.8, 4) is 5.69 Å². The summed E-state index contributed by atoms with van der Waals surface area (Å²) >= 11 is 0. The Morgan fingerprint density at radius 1 is 1.11 bits per heavy atom. The molecule has 1 aromatic carbocycles. The highest BCUT2D eigenvalue weighted by molar-refractivity contribution is 5.40. The molecule has 4 heteroatoms. The van der Waals surface area contributed by atoms with Crippen LogP contribution in [-0.4, -0.2) is 14.8 Å². The Morgan fingerprint density at radius 3 is 2.63 bits per heavy atom. The molecule has 1 aliphatic rings. The second-order valence-electron chi connectivity index (χ2n) is 8.44. The van der Waals surface area contributed by atoms with Crippen molar-refractivity contribution in [3.63, 3.8) is 0 Å². The minimum absolute atomic E-state index is 0.170. The van der Waals surface area contributed by atoms with Gasteiger partial charge in [-0.1, -0.05) is 39.0 Å². The van der Waals surface area contributed by atoms with Gasteiger partial charge in [0.25, 0.3) is 0 Å². The summed E-state index contributed by atoms with van der Waals surface area (Å²) in [6, 6.07) is 13.3. The number of hydrogen-bond acceptors (Lipinski definition) is 3. The largest absolute Gasteiger partial charge is 0.306 e. The Bertz CT molecular complexity index is 888. The molecular formula is C23H28N4. The molecule has 0 saturated heterocycles. The molecule has 2 aromatic heterocycles. The average molecular weight is 361 g/mol. The lowest BCUT2D eigenvalue weighted by atomic mass is 9.87. The van der Waals surface area contributed by atoms with Crippen molar-refractivity contribution in [3.05, 3.63) is 77.4 Å². The SMILES string of the molecule is CC(C)(C)c1ccc(-n2ncc3c2CCC[C@H]3NCc2cccnc2)cc1. The van der Waals surface area contributed by atoms with Crippen molar-refractivity contribution in [2.75, 3.05) is 0 Å². The fraction of sp³-hybridized carbons (Fsp3) is 0.391. The zero-order chi connectivity index (χ0) is 18.9. The normalized spacial score (nSPS) is 16.9. The van der Waals surface area contributed by atoms with Crippen molar-refractivity contribution in [2.24, 2.45) is 0 Å². The molecule has 0 fully saturated rings. The van der Waals surface area contributed by atoms with E-state index in [4.69, 9.17) is 5.10 Å². The van der Waals surface area contributed by atoms with Crippen LogP contribution in [0.1, 0.15) is 62.0 Å². The minimum atomic E-state index is 0.170. The maximum Gasteiger partial charge on any atom is 0.0649 e. The Morgan fingerprint density at radius 2 is 1.93 bits per heavy atom. The summed E-state index contributed by atoms with van der Waals surface area (Å²) in [6.45, 7) is 7.58. The van der Waals surface area contributed by atoms with Gasteiger partial charge in [-0.15, -0.1) is 0 Å². The number of nitrogens with one attached hydrogen (secondary N) is 1. The van der Waals surface area contributed by atoms with E-state index in [1.165, 1.54) is 28.8 Å². The fourth-order valence-electron chi connectivity index (χ4n) is 3.84. The van der Waals surface area contributed by atoms with E-state index in [-0.39, 0.29) is 5.41 Å². The lowest BCUT2D eigenvalue weighted by Gasteiger charge is -2.24. The van der Waals surface area contributed by atoms with Crippen LogP contribution in [-0.2, 0) is 18.4 Å². The summed E-state index contributed by atoms with van der Waals surface area (Å²) in [5.41, 5.74) is 6.57. The van der Waals surface area contributed by atoms with Gasteiger partial charge in [-0.2, -0.15) is 5.10 Å². The second-order valence-corrected chi connectivity index (χ2v) is 8.44. The molecule has 1 N–H and O–H groups in total. The molecule has 0 bridgehead atoms. The van der Waals surface area contributed by atoms with Gasteiger partial charge in [0.2, 0.25) is 0 Å². The molecule has 27 heavy (non-hydrogen) atoms. The van der Waals surface area contributed by atoms with Crippen LogP contribution in [0.25, 0.3) is 5.69 Å². The number of rotatable bonds is 4. The van der Waals surface area contributed by atoms with E-state index in [9.17, 15) is 0 Å². The molecule has 0 amide bonds. The van der Waals surface area contributed by atoms with Gasteiger partial charge in [0, 0.05) is 36.2 Å². The zero-order valence-corrected chi connectivity index (χ0v) is 16.4. The first-order valence-corrected chi connectivity index (χ1v) is 9.82. The highest BCUT2D eigenvalue weighted by Crippen LogP contribution is 2.32. The Kier molecular flexibility index (Phi) is 4.83. The Balaban J connectivity index is 1.55. The van der Waals surface area contributed by atoms with Crippen LogP contribution < -0.4 is 5.32 Å². The molecular weight excluding hydrogens is 332 g/mol. The molecule has 0 spiro atoms. The van der Waals surface area contributed by atoms with E-state index >= 15 is 0 Å². The van der Waals surface area contributed by atoms with Gasteiger partial charge in [0.1, 0.15) is 0 Å². The third-order valence-corrected chi connectivity index (χ3v) is 5.44. The topological polar surface area (TPSA) is 42.7 Å². The summed E-state index contributed by atoms with van der Waals surface area (Å²) in [5, 5.41) is 8.42. The second kappa shape index (κ2) is 7.28. The summed E-state index contributed by atoms with van der Waals surface area (Å²) in [6.07, 6.45) is 9.22. The Hall–Kier alpha value is -2.46. The van der Waals surface area contributed by atoms with Gasteiger partial charge in [0.05, 0.1) is 11.9 Å². The molecule has 0 aliphatic heterocycles. The number of nitrogens with zero attached hydrogens (tertiary/aromatic N) is 3. The first kappa shape index (κ1) is 17.9. The number of hydrogen-bond donors (Lipinski definition) is 1. The molecule has 2 heterocycles.